The topological polar surface area (TPSA) is 128 Å². The lowest BCUT2D eigenvalue weighted by Gasteiger charge is -2.12. The van der Waals surface area contributed by atoms with Gasteiger partial charge in [-0.15, -0.1) is 0 Å². The van der Waals surface area contributed by atoms with E-state index in [-0.39, 0.29) is 5.56 Å². The van der Waals surface area contributed by atoms with E-state index in [1.807, 2.05) is 13.0 Å². The lowest BCUT2D eigenvalue weighted by molar-refractivity contribution is -0.120. The van der Waals surface area contributed by atoms with Gasteiger partial charge in [-0.3, -0.25) is 14.6 Å². The molecule has 4 N–H and O–H groups in total. The van der Waals surface area contributed by atoms with Crippen molar-refractivity contribution in [2.45, 2.75) is 26.5 Å². The summed E-state index contributed by atoms with van der Waals surface area (Å²) in [5, 5.41) is 12.2. The summed E-state index contributed by atoms with van der Waals surface area (Å²) in [7, 11) is 0. The molecule has 0 aliphatic carbocycles. The van der Waals surface area contributed by atoms with Crippen LogP contribution in [0.2, 0.25) is 0 Å². The fraction of sp³-hybridized carbons (Fsp3) is 0.250. The standard InChI is InChI=1S/C20H21N3O5/c1-11-5-6-22-8-13(11)10-27-14-3-4-17-15(7-14)18(12(2)28-17)20(26)23-16(9-24)19(21)25/h3-8,16,24H,9-10H2,1-2H3,(H2,21,25)(H,23,26). The van der Waals surface area contributed by atoms with Gasteiger partial charge in [0.05, 0.1) is 12.2 Å². The van der Waals surface area contributed by atoms with Gasteiger partial charge in [0.1, 0.15) is 29.7 Å². The van der Waals surface area contributed by atoms with E-state index in [2.05, 4.69) is 10.3 Å². The maximum absolute atomic E-state index is 12.6. The first-order chi connectivity index (χ1) is 13.4. The molecule has 2 aromatic heterocycles. The second kappa shape index (κ2) is 8.10. The Morgan fingerprint density at radius 1 is 1.32 bits per heavy atom. The minimum atomic E-state index is -1.18. The van der Waals surface area contributed by atoms with Gasteiger partial charge in [-0.1, -0.05) is 0 Å². The molecule has 0 spiro atoms. The van der Waals surface area contributed by atoms with Crippen molar-refractivity contribution in [2.75, 3.05) is 6.61 Å². The molecule has 8 nitrogen and oxygen atoms in total. The molecule has 0 aliphatic rings. The van der Waals surface area contributed by atoms with Crippen LogP contribution in [0.1, 0.15) is 27.2 Å². The molecule has 0 fully saturated rings. The van der Waals surface area contributed by atoms with Crippen LogP contribution in [0.15, 0.2) is 41.1 Å². The Balaban J connectivity index is 1.86. The summed E-state index contributed by atoms with van der Waals surface area (Å²) in [6.45, 7) is 3.36. The van der Waals surface area contributed by atoms with Crippen LogP contribution in [0.25, 0.3) is 11.0 Å². The number of nitrogens with one attached hydrogen (secondary N) is 1. The molecule has 0 aliphatic heterocycles. The van der Waals surface area contributed by atoms with Crippen LogP contribution in [-0.4, -0.2) is 34.6 Å². The normalized spacial score (nSPS) is 12.0. The Bertz CT molecular complexity index is 1030. The molecule has 3 aromatic rings. The first-order valence-corrected chi connectivity index (χ1v) is 8.67. The van der Waals surface area contributed by atoms with Gasteiger partial charge in [0, 0.05) is 23.3 Å². The van der Waals surface area contributed by atoms with Crippen molar-refractivity contribution in [2.24, 2.45) is 5.73 Å². The smallest absolute Gasteiger partial charge is 0.256 e. The molecule has 8 heteroatoms. The minimum Gasteiger partial charge on any atom is -0.489 e. The summed E-state index contributed by atoms with van der Waals surface area (Å²) in [6.07, 6.45) is 3.46. The van der Waals surface area contributed by atoms with E-state index in [1.54, 1.807) is 37.5 Å². The first-order valence-electron chi connectivity index (χ1n) is 8.67. The van der Waals surface area contributed by atoms with Crippen molar-refractivity contribution in [1.82, 2.24) is 10.3 Å². The lowest BCUT2D eigenvalue weighted by atomic mass is 10.1. The van der Waals surface area contributed by atoms with Gasteiger partial charge >= 0.3 is 0 Å². The molecule has 1 aromatic carbocycles. The molecule has 146 valence electrons. The molecule has 1 unspecified atom stereocenters. The van der Waals surface area contributed by atoms with Crippen molar-refractivity contribution in [3.05, 3.63) is 59.1 Å². The zero-order valence-electron chi connectivity index (χ0n) is 15.6. The summed E-state index contributed by atoms with van der Waals surface area (Å²) >= 11 is 0. The Labute approximate surface area is 161 Å². The summed E-state index contributed by atoms with van der Waals surface area (Å²) < 4.78 is 11.5. The second-order valence-electron chi connectivity index (χ2n) is 6.39. The van der Waals surface area contributed by atoms with E-state index in [9.17, 15) is 14.7 Å². The number of aromatic nitrogens is 1. The molecule has 3 rings (SSSR count). The number of rotatable bonds is 7. The van der Waals surface area contributed by atoms with Crippen LogP contribution in [0.4, 0.5) is 0 Å². The number of primary amides is 1. The van der Waals surface area contributed by atoms with Crippen molar-refractivity contribution in [1.29, 1.82) is 0 Å². The number of benzene rings is 1. The number of furan rings is 1. The second-order valence-corrected chi connectivity index (χ2v) is 6.39. The number of hydrogen-bond donors (Lipinski definition) is 3. The van der Waals surface area contributed by atoms with Crippen molar-refractivity contribution in [3.63, 3.8) is 0 Å². The van der Waals surface area contributed by atoms with Crippen LogP contribution in [0.5, 0.6) is 5.75 Å². The number of fused-ring (bicyclic) bond motifs is 1. The molecule has 1 atom stereocenters. The Hall–Kier alpha value is -3.39. The lowest BCUT2D eigenvalue weighted by Crippen LogP contribution is -2.46. The van der Waals surface area contributed by atoms with Crippen molar-refractivity contribution < 1.29 is 23.8 Å². The zero-order chi connectivity index (χ0) is 20.3. The number of amides is 2. The highest BCUT2D eigenvalue weighted by Gasteiger charge is 2.23. The average molecular weight is 383 g/mol. The molecule has 0 saturated carbocycles. The highest BCUT2D eigenvalue weighted by atomic mass is 16.5. The average Bonchev–Trinajstić information content (AvgIpc) is 3.00. The number of nitrogens with zero attached hydrogens (tertiary/aromatic N) is 1. The number of nitrogens with two attached hydrogens (primary N) is 1. The van der Waals surface area contributed by atoms with E-state index in [4.69, 9.17) is 14.9 Å². The number of aliphatic hydroxyl groups is 1. The number of pyridine rings is 1. The summed E-state index contributed by atoms with van der Waals surface area (Å²) in [6, 6.07) is 5.88. The SMILES string of the molecule is Cc1ccncc1COc1ccc2oc(C)c(C(=O)NC(CO)C(N)=O)c2c1. The van der Waals surface area contributed by atoms with Gasteiger partial charge in [-0.2, -0.15) is 0 Å². The van der Waals surface area contributed by atoms with Gasteiger partial charge < -0.3 is 25.3 Å². The number of carbonyl (C=O) groups is 2. The van der Waals surface area contributed by atoms with E-state index >= 15 is 0 Å². The van der Waals surface area contributed by atoms with Crippen LogP contribution >= 0.6 is 0 Å². The Morgan fingerprint density at radius 2 is 2.11 bits per heavy atom. The van der Waals surface area contributed by atoms with E-state index < -0.39 is 24.5 Å². The third-order valence-corrected chi connectivity index (χ3v) is 4.44. The maximum Gasteiger partial charge on any atom is 0.256 e. The number of aliphatic hydroxyl groups excluding tert-OH is 1. The van der Waals surface area contributed by atoms with Crippen LogP contribution in [-0.2, 0) is 11.4 Å². The molecule has 0 radical (unpaired) electrons. The van der Waals surface area contributed by atoms with E-state index in [1.165, 1.54) is 0 Å². The summed E-state index contributed by atoms with van der Waals surface area (Å²) in [5.74, 6) is -0.445. The van der Waals surface area contributed by atoms with E-state index in [0.717, 1.165) is 11.1 Å². The molecule has 2 amide bonds. The number of ether oxygens (including phenoxy) is 1. The molecule has 0 saturated heterocycles. The maximum atomic E-state index is 12.6. The fourth-order valence-electron chi connectivity index (χ4n) is 2.82. The Kier molecular flexibility index (Phi) is 5.60. The highest BCUT2D eigenvalue weighted by molar-refractivity contribution is 6.08. The molecular weight excluding hydrogens is 362 g/mol. The zero-order valence-corrected chi connectivity index (χ0v) is 15.6. The van der Waals surface area contributed by atoms with Gasteiger partial charge in [0.2, 0.25) is 5.91 Å². The Morgan fingerprint density at radius 3 is 2.79 bits per heavy atom. The minimum absolute atomic E-state index is 0.262. The predicted molar refractivity (Wildman–Crippen MR) is 102 cm³/mol. The summed E-state index contributed by atoms with van der Waals surface area (Å²) in [5.41, 5.74) is 7.96. The van der Waals surface area contributed by atoms with Gasteiger partial charge in [-0.25, -0.2) is 0 Å². The largest absolute Gasteiger partial charge is 0.489 e. The predicted octanol–water partition coefficient (Wildman–Crippen LogP) is 1.60. The molecule has 0 bridgehead atoms. The van der Waals surface area contributed by atoms with Crippen molar-refractivity contribution in [3.8, 4) is 5.75 Å². The monoisotopic (exact) mass is 383 g/mol. The number of aryl methyl sites for hydroxylation is 2. The van der Waals surface area contributed by atoms with Crippen LogP contribution < -0.4 is 15.8 Å². The molecule has 2 heterocycles. The van der Waals surface area contributed by atoms with Gasteiger partial charge in [0.15, 0.2) is 0 Å². The van der Waals surface area contributed by atoms with Crippen LogP contribution in [0, 0.1) is 13.8 Å². The highest BCUT2D eigenvalue weighted by Crippen LogP contribution is 2.29. The van der Waals surface area contributed by atoms with Gasteiger partial charge in [0.25, 0.3) is 5.91 Å². The third kappa shape index (κ3) is 3.96. The third-order valence-electron chi connectivity index (χ3n) is 4.44. The molecule has 28 heavy (non-hydrogen) atoms. The quantitative estimate of drug-likeness (QED) is 0.569. The van der Waals surface area contributed by atoms with Crippen LogP contribution in [0.3, 0.4) is 0 Å². The van der Waals surface area contributed by atoms with E-state index in [0.29, 0.717) is 29.1 Å². The number of carbonyl (C=O) groups excluding carboxylic acids is 2. The molecular formula is C20H21N3O5. The fourth-order valence-corrected chi connectivity index (χ4v) is 2.82. The number of hydrogen-bond acceptors (Lipinski definition) is 6. The van der Waals surface area contributed by atoms with Gasteiger partial charge in [-0.05, 0) is 43.7 Å². The van der Waals surface area contributed by atoms with Crippen molar-refractivity contribution >= 4 is 22.8 Å². The first kappa shape index (κ1) is 19.4. The summed E-state index contributed by atoms with van der Waals surface area (Å²) in [4.78, 5) is 28.0.